The van der Waals surface area contributed by atoms with Gasteiger partial charge >= 0.3 is 5.97 Å². The van der Waals surface area contributed by atoms with E-state index >= 15 is 0 Å². The van der Waals surface area contributed by atoms with E-state index in [0.29, 0.717) is 17.7 Å². The smallest absolute Gasteiger partial charge is 0.335 e. The molecule has 2 rings (SSSR count). The standard InChI is InChI=1S/C7H10N2O.C7H6O2/c1-9-4-2-3-6(5-9)7(8)10;8-7(9)6-4-2-1-3-5-6/h2-4H,5H2,1H3,(H2,8,10);1-5H,(H,8,9). The number of rotatable bonds is 2. The van der Waals surface area contributed by atoms with E-state index in [4.69, 9.17) is 10.8 Å². The van der Waals surface area contributed by atoms with Gasteiger partial charge < -0.3 is 15.7 Å². The van der Waals surface area contributed by atoms with Gasteiger partial charge in [-0.1, -0.05) is 24.3 Å². The highest BCUT2D eigenvalue weighted by molar-refractivity contribution is 5.92. The van der Waals surface area contributed by atoms with Gasteiger partial charge in [-0.05, 0) is 24.4 Å². The summed E-state index contributed by atoms with van der Waals surface area (Å²) in [6.07, 6.45) is 5.44. The lowest BCUT2D eigenvalue weighted by Gasteiger charge is -2.17. The van der Waals surface area contributed by atoms with E-state index in [0.717, 1.165) is 0 Å². The maximum Gasteiger partial charge on any atom is 0.335 e. The third-order valence-electron chi connectivity index (χ3n) is 2.39. The lowest BCUT2D eigenvalue weighted by atomic mass is 10.2. The van der Waals surface area contributed by atoms with E-state index in [1.807, 2.05) is 24.2 Å². The number of carbonyl (C=O) groups excluding carboxylic acids is 1. The van der Waals surface area contributed by atoms with Crippen LogP contribution in [-0.2, 0) is 4.79 Å². The molecule has 0 fully saturated rings. The SMILES string of the molecule is CN1C=CC=C(C(N)=O)C1.O=C(O)c1ccccc1. The number of primary amides is 1. The molecule has 100 valence electrons. The summed E-state index contributed by atoms with van der Waals surface area (Å²) in [5.41, 5.74) is 6.05. The molecule has 1 aromatic carbocycles. The van der Waals surface area contributed by atoms with E-state index in [1.165, 1.54) is 0 Å². The number of carboxylic acid groups (broad SMARTS) is 1. The van der Waals surface area contributed by atoms with Crippen LogP contribution in [0.5, 0.6) is 0 Å². The highest BCUT2D eigenvalue weighted by Gasteiger charge is 2.07. The van der Waals surface area contributed by atoms with Crippen LogP contribution >= 0.6 is 0 Å². The number of nitrogens with zero attached hydrogens (tertiary/aromatic N) is 1. The van der Waals surface area contributed by atoms with Gasteiger partial charge in [-0.15, -0.1) is 0 Å². The molecule has 5 nitrogen and oxygen atoms in total. The van der Waals surface area contributed by atoms with Crippen molar-refractivity contribution in [2.24, 2.45) is 5.73 Å². The van der Waals surface area contributed by atoms with E-state index < -0.39 is 5.97 Å². The summed E-state index contributed by atoms with van der Waals surface area (Å²) in [5, 5.41) is 8.38. The molecule has 0 atom stereocenters. The molecular weight excluding hydrogens is 244 g/mol. The predicted octanol–water partition coefficient (Wildman–Crippen LogP) is 1.24. The van der Waals surface area contributed by atoms with Crippen molar-refractivity contribution in [3.63, 3.8) is 0 Å². The monoisotopic (exact) mass is 260 g/mol. The fourth-order valence-corrected chi connectivity index (χ4v) is 1.42. The van der Waals surface area contributed by atoms with Crippen LogP contribution in [0.1, 0.15) is 10.4 Å². The Morgan fingerprint density at radius 1 is 1.26 bits per heavy atom. The molecular formula is C14H16N2O3. The Morgan fingerprint density at radius 2 is 1.89 bits per heavy atom. The molecule has 0 saturated carbocycles. The quantitative estimate of drug-likeness (QED) is 0.838. The van der Waals surface area contributed by atoms with E-state index in [-0.39, 0.29) is 5.91 Å². The maximum atomic E-state index is 10.6. The number of allylic oxidation sites excluding steroid dienone is 2. The highest BCUT2D eigenvalue weighted by atomic mass is 16.4. The van der Waals surface area contributed by atoms with Gasteiger partial charge in [0.1, 0.15) is 0 Å². The van der Waals surface area contributed by atoms with Crippen LogP contribution in [0.25, 0.3) is 0 Å². The van der Waals surface area contributed by atoms with Crippen molar-refractivity contribution in [3.8, 4) is 0 Å². The average Bonchev–Trinajstić information content (AvgIpc) is 2.40. The fraction of sp³-hybridized carbons (Fsp3) is 0.143. The van der Waals surface area contributed by atoms with Crippen LogP contribution in [-0.4, -0.2) is 35.5 Å². The molecule has 0 spiro atoms. The molecule has 19 heavy (non-hydrogen) atoms. The molecule has 0 radical (unpaired) electrons. The minimum absolute atomic E-state index is 0.331. The second kappa shape index (κ2) is 7.00. The van der Waals surface area contributed by atoms with Crippen LogP contribution < -0.4 is 5.73 Å². The van der Waals surface area contributed by atoms with Crippen molar-refractivity contribution in [1.82, 2.24) is 4.90 Å². The Bertz CT molecular complexity index is 507. The number of carboxylic acids is 1. The van der Waals surface area contributed by atoms with Crippen LogP contribution in [0.3, 0.4) is 0 Å². The van der Waals surface area contributed by atoms with Gasteiger partial charge in [0.2, 0.25) is 5.91 Å². The Morgan fingerprint density at radius 3 is 2.26 bits per heavy atom. The molecule has 0 unspecified atom stereocenters. The zero-order chi connectivity index (χ0) is 14.3. The molecule has 1 aromatic rings. The van der Waals surface area contributed by atoms with Gasteiger partial charge in [0.15, 0.2) is 0 Å². The predicted molar refractivity (Wildman–Crippen MR) is 72.4 cm³/mol. The first kappa shape index (κ1) is 14.5. The number of benzene rings is 1. The molecule has 1 amide bonds. The van der Waals surface area contributed by atoms with Crippen molar-refractivity contribution >= 4 is 11.9 Å². The number of amides is 1. The second-order valence-corrected chi connectivity index (χ2v) is 3.98. The third kappa shape index (κ3) is 5.08. The zero-order valence-corrected chi connectivity index (χ0v) is 10.6. The molecule has 5 heteroatoms. The molecule has 0 aromatic heterocycles. The lowest BCUT2D eigenvalue weighted by molar-refractivity contribution is -0.114. The molecule has 0 aliphatic carbocycles. The molecule has 0 saturated heterocycles. The number of likely N-dealkylation sites (N-methyl/N-ethyl adjacent to an activating group) is 1. The van der Waals surface area contributed by atoms with Crippen molar-refractivity contribution in [3.05, 3.63) is 59.8 Å². The third-order valence-corrected chi connectivity index (χ3v) is 2.39. The molecule has 3 N–H and O–H groups in total. The van der Waals surface area contributed by atoms with Crippen LogP contribution in [0.4, 0.5) is 0 Å². The summed E-state index contributed by atoms with van der Waals surface area (Å²) in [7, 11) is 1.90. The van der Waals surface area contributed by atoms with Gasteiger partial charge in [0.05, 0.1) is 5.56 Å². The summed E-state index contributed by atoms with van der Waals surface area (Å²) >= 11 is 0. The average molecular weight is 260 g/mol. The fourth-order valence-electron chi connectivity index (χ4n) is 1.42. The first-order valence-electron chi connectivity index (χ1n) is 5.66. The van der Waals surface area contributed by atoms with Gasteiger partial charge in [0, 0.05) is 19.2 Å². The summed E-state index contributed by atoms with van der Waals surface area (Å²) in [4.78, 5) is 22.7. The second-order valence-electron chi connectivity index (χ2n) is 3.98. The molecule has 1 aliphatic heterocycles. The lowest BCUT2D eigenvalue weighted by Crippen LogP contribution is -2.25. The number of carbonyl (C=O) groups is 2. The number of aromatic carboxylic acids is 1. The summed E-state index contributed by atoms with van der Waals surface area (Å²) in [5.74, 6) is -1.22. The van der Waals surface area contributed by atoms with Gasteiger partial charge in [-0.3, -0.25) is 4.79 Å². The largest absolute Gasteiger partial charge is 0.478 e. The Hall–Kier alpha value is -2.56. The maximum absolute atomic E-state index is 10.6. The van der Waals surface area contributed by atoms with Crippen LogP contribution in [0.2, 0.25) is 0 Å². The topological polar surface area (TPSA) is 83.6 Å². The minimum Gasteiger partial charge on any atom is -0.478 e. The minimum atomic E-state index is -0.879. The van der Waals surface area contributed by atoms with E-state index in [1.54, 1.807) is 36.4 Å². The number of nitrogens with two attached hydrogens (primary N) is 1. The van der Waals surface area contributed by atoms with E-state index in [9.17, 15) is 9.59 Å². The highest BCUT2D eigenvalue weighted by Crippen LogP contribution is 2.03. The summed E-state index contributed by atoms with van der Waals surface area (Å²) in [6, 6.07) is 8.30. The number of hydrogen-bond donors (Lipinski definition) is 2. The van der Waals surface area contributed by atoms with Crippen molar-refractivity contribution in [1.29, 1.82) is 0 Å². The summed E-state index contributed by atoms with van der Waals surface area (Å²) in [6.45, 7) is 0.617. The van der Waals surface area contributed by atoms with Gasteiger partial charge in [-0.25, -0.2) is 4.79 Å². The Balaban J connectivity index is 0.000000191. The molecule has 1 heterocycles. The zero-order valence-electron chi connectivity index (χ0n) is 10.6. The van der Waals surface area contributed by atoms with Crippen molar-refractivity contribution in [2.45, 2.75) is 0 Å². The molecule has 1 aliphatic rings. The van der Waals surface area contributed by atoms with Gasteiger partial charge in [-0.2, -0.15) is 0 Å². The Labute approximate surface area is 111 Å². The van der Waals surface area contributed by atoms with Crippen LogP contribution in [0.15, 0.2) is 54.3 Å². The first-order valence-corrected chi connectivity index (χ1v) is 5.66. The van der Waals surface area contributed by atoms with Crippen LogP contribution in [0, 0.1) is 0 Å². The first-order chi connectivity index (χ1) is 9.00. The molecule has 0 bridgehead atoms. The van der Waals surface area contributed by atoms with Crippen molar-refractivity contribution in [2.75, 3.05) is 13.6 Å². The van der Waals surface area contributed by atoms with Gasteiger partial charge in [0.25, 0.3) is 0 Å². The number of hydrogen-bond acceptors (Lipinski definition) is 3. The van der Waals surface area contributed by atoms with Crippen molar-refractivity contribution < 1.29 is 14.7 Å². The van der Waals surface area contributed by atoms with E-state index in [2.05, 4.69) is 0 Å². The summed E-state index contributed by atoms with van der Waals surface area (Å²) < 4.78 is 0. The normalized spacial score (nSPS) is 13.1. The Kier molecular flexibility index (Phi) is 5.35.